The summed E-state index contributed by atoms with van der Waals surface area (Å²) in [5.41, 5.74) is 10.7. The first kappa shape index (κ1) is 11.1. The lowest BCUT2D eigenvalue weighted by molar-refractivity contribution is 0.676. The molecule has 0 aliphatic rings. The highest BCUT2D eigenvalue weighted by Gasteiger charge is 1.88. The zero-order valence-electron chi connectivity index (χ0n) is 7.31. The van der Waals surface area contributed by atoms with Crippen molar-refractivity contribution in [2.75, 3.05) is 26.2 Å². The molecule has 0 aromatic carbocycles. The molecule has 0 atom stereocenters. The molecule has 11 heavy (non-hydrogen) atoms. The Labute approximate surface area is 71.7 Å². The average Bonchev–Trinajstić information content (AvgIpc) is 2.03. The van der Waals surface area contributed by atoms with Gasteiger partial charge < -0.3 is 16.8 Å². The molecule has 0 aromatic rings. The van der Waals surface area contributed by atoms with E-state index >= 15 is 0 Å². The average molecular weight is 175 g/mol. The van der Waals surface area contributed by atoms with Gasteiger partial charge in [-0.1, -0.05) is 12.1 Å². The second-order valence-electron chi connectivity index (χ2n) is 2.74. The van der Waals surface area contributed by atoms with Crippen molar-refractivity contribution in [2.24, 2.45) is 11.5 Å². The lowest BCUT2D eigenvalue weighted by Gasteiger charge is -2.01. The van der Waals surface area contributed by atoms with Crippen LogP contribution in [0.1, 0.15) is 6.42 Å². The zero-order valence-corrected chi connectivity index (χ0v) is 8.73. The van der Waals surface area contributed by atoms with E-state index in [0.717, 1.165) is 26.2 Å². The molecule has 0 aliphatic heterocycles. The van der Waals surface area contributed by atoms with Crippen LogP contribution < -0.4 is 16.8 Å². The normalized spacial score (nSPS) is 11.5. The fraction of sp³-hybridized carbons (Fsp3) is 1.00. The van der Waals surface area contributed by atoms with Crippen LogP contribution in [0.15, 0.2) is 0 Å². The predicted molar refractivity (Wildman–Crippen MR) is 53.8 cm³/mol. The van der Waals surface area contributed by atoms with Crippen LogP contribution >= 0.6 is 0 Å². The first-order valence-corrected chi connectivity index (χ1v) is 6.52. The molecule has 0 rings (SSSR count). The van der Waals surface area contributed by atoms with Gasteiger partial charge in [-0.3, -0.25) is 0 Å². The van der Waals surface area contributed by atoms with Crippen LogP contribution in [0.4, 0.5) is 0 Å². The predicted octanol–water partition coefficient (Wildman–Crippen LogP) is -1.11. The largest absolute Gasteiger partial charge is 0.331 e. The second-order valence-corrected chi connectivity index (χ2v) is 4.86. The van der Waals surface area contributed by atoms with Gasteiger partial charge in [-0.15, -0.1) is 0 Å². The van der Waals surface area contributed by atoms with E-state index in [9.17, 15) is 0 Å². The van der Waals surface area contributed by atoms with Crippen LogP contribution in [0.5, 0.6) is 0 Å². The van der Waals surface area contributed by atoms with Gasteiger partial charge in [0.1, 0.15) is 0 Å². The lowest BCUT2D eigenvalue weighted by atomic mass is 10.5. The molecule has 3 nitrogen and oxygen atoms in total. The topological polar surface area (TPSA) is 64.1 Å². The van der Waals surface area contributed by atoms with Crippen LogP contribution in [0.2, 0.25) is 12.1 Å². The van der Waals surface area contributed by atoms with Gasteiger partial charge in [-0.25, -0.2) is 0 Å². The highest BCUT2D eigenvalue weighted by molar-refractivity contribution is 6.35. The van der Waals surface area contributed by atoms with E-state index in [1.165, 1.54) is 18.5 Å². The number of nitrogens with two attached hydrogens (primary N) is 2. The van der Waals surface area contributed by atoms with Gasteiger partial charge >= 0.3 is 0 Å². The molecule has 4 heteroatoms. The smallest absolute Gasteiger partial charge is 0.0213 e. The molecular formula is C7H21N3Si. The van der Waals surface area contributed by atoms with Gasteiger partial charge in [-0.2, -0.15) is 0 Å². The number of rotatable bonds is 8. The molecule has 0 aromatic heterocycles. The van der Waals surface area contributed by atoms with Crippen molar-refractivity contribution in [3.63, 3.8) is 0 Å². The molecule has 68 valence electrons. The molecule has 0 aliphatic carbocycles. The van der Waals surface area contributed by atoms with Crippen LogP contribution in [0.3, 0.4) is 0 Å². The Kier molecular flexibility index (Phi) is 10.2. The highest BCUT2D eigenvalue weighted by Crippen LogP contribution is 1.88. The number of hydrogen-bond acceptors (Lipinski definition) is 3. The van der Waals surface area contributed by atoms with Crippen LogP contribution in [-0.4, -0.2) is 35.7 Å². The van der Waals surface area contributed by atoms with Gasteiger partial charge in [0.15, 0.2) is 0 Å². The monoisotopic (exact) mass is 175 g/mol. The molecule has 0 unspecified atom stereocenters. The Hall–Kier alpha value is 0.0969. The van der Waals surface area contributed by atoms with Crippen molar-refractivity contribution in [1.82, 2.24) is 5.32 Å². The van der Waals surface area contributed by atoms with Crippen molar-refractivity contribution in [3.8, 4) is 0 Å². The lowest BCUT2D eigenvalue weighted by Crippen LogP contribution is -2.23. The molecule has 5 N–H and O–H groups in total. The number of hydrogen-bond donors (Lipinski definition) is 3. The summed E-state index contributed by atoms with van der Waals surface area (Å²) in [6.07, 6.45) is 1.31. The Morgan fingerprint density at radius 2 is 1.82 bits per heavy atom. The molecule has 0 saturated carbocycles. The standard InChI is InChI=1S/C7H21N3Si/c8-2-5-10-4-1-6-11-7-3-9/h10H,1-9,11H2. The quantitative estimate of drug-likeness (QED) is 0.324. The first-order chi connectivity index (χ1) is 5.41. The third kappa shape index (κ3) is 10.1. The third-order valence-corrected chi connectivity index (χ3v) is 3.54. The molecular weight excluding hydrogens is 154 g/mol. The van der Waals surface area contributed by atoms with Crippen molar-refractivity contribution in [3.05, 3.63) is 0 Å². The van der Waals surface area contributed by atoms with Gasteiger partial charge in [0, 0.05) is 22.6 Å². The van der Waals surface area contributed by atoms with Gasteiger partial charge in [-0.05, 0) is 19.5 Å². The van der Waals surface area contributed by atoms with Crippen molar-refractivity contribution < 1.29 is 0 Å². The zero-order chi connectivity index (χ0) is 8.36. The summed E-state index contributed by atoms with van der Waals surface area (Å²) in [5, 5.41) is 3.28. The van der Waals surface area contributed by atoms with E-state index in [-0.39, 0.29) is 9.52 Å². The summed E-state index contributed by atoms with van der Waals surface area (Å²) in [7, 11) is 0.181. The fourth-order valence-electron chi connectivity index (χ4n) is 0.975. The Morgan fingerprint density at radius 1 is 1.00 bits per heavy atom. The minimum absolute atomic E-state index is 0.181. The molecule has 0 bridgehead atoms. The molecule has 0 fully saturated rings. The Bertz CT molecular complexity index is 62.7. The minimum Gasteiger partial charge on any atom is -0.331 e. The highest BCUT2D eigenvalue weighted by atomic mass is 28.2. The molecule has 0 saturated heterocycles. The van der Waals surface area contributed by atoms with Gasteiger partial charge in [0.05, 0.1) is 0 Å². The maximum Gasteiger partial charge on any atom is 0.0213 e. The Morgan fingerprint density at radius 3 is 2.45 bits per heavy atom. The van der Waals surface area contributed by atoms with Crippen LogP contribution in [-0.2, 0) is 0 Å². The summed E-state index contributed by atoms with van der Waals surface area (Å²) in [6, 6.07) is 2.73. The van der Waals surface area contributed by atoms with Crippen molar-refractivity contribution in [1.29, 1.82) is 0 Å². The van der Waals surface area contributed by atoms with E-state index in [0.29, 0.717) is 0 Å². The summed E-state index contributed by atoms with van der Waals surface area (Å²) in [4.78, 5) is 0. The third-order valence-electron chi connectivity index (χ3n) is 1.63. The summed E-state index contributed by atoms with van der Waals surface area (Å²) in [5.74, 6) is 0. The first-order valence-electron chi connectivity index (χ1n) is 4.52. The maximum absolute atomic E-state index is 5.39. The summed E-state index contributed by atoms with van der Waals surface area (Å²) < 4.78 is 0. The van der Waals surface area contributed by atoms with E-state index < -0.39 is 0 Å². The van der Waals surface area contributed by atoms with Crippen molar-refractivity contribution in [2.45, 2.75) is 18.5 Å². The van der Waals surface area contributed by atoms with E-state index in [2.05, 4.69) is 5.32 Å². The molecule has 0 radical (unpaired) electrons. The molecule has 0 spiro atoms. The molecule has 0 heterocycles. The Balaban J connectivity index is 2.69. The minimum atomic E-state index is 0.181. The number of nitrogens with one attached hydrogen (secondary N) is 1. The van der Waals surface area contributed by atoms with E-state index in [1.54, 1.807) is 0 Å². The maximum atomic E-state index is 5.39. The second kappa shape index (κ2) is 10.1. The van der Waals surface area contributed by atoms with Crippen molar-refractivity contribution >= 4 is 9.52 Å². The van der Waals surface area contributed by atoms with E-state index in [4.69, 9.17) is 11.5 Å². The van der Waals surface area contributed by atoms with Gasteiger partial charge in [0.25, 0.3) is 0 Å². The van der Waals surface area contributed by atoms with E-state index in [1.807, 2.05) is 0 Å². The molecule has 0 amide bonds. The fourth-order valence-corrected chi connectivity index (χ4v) is 2.22. The summed E-state index contributed by atoms with van der Waals surface area (Å²) in [6.45, 7) is 3.73. The van der Waals surface area contributed by atoms with Crippen LogP contribution in [0.25, 0.3) is 0 Å². The van der Waals surface area contributed by atoms with Gasteiger partial charge in [0.2, 0.25) is 0 Å². The summed E-state index contributed by atoms with van der Waals surface area (Å²) >= 11 is 0. The van der Waals surface area contributed by atoms with Crippen LogP contribution in [0, 0.1) is 0 Å². The SMILES string of the molecule is NCCNCCC[SiH2]CCN.